The minimum Gasteiger partial charge on any atom is -0.495 e. The van der Waals surface area contributed by atoms with E-state index < -0.39 is 10.0 Å². The molecule has 0 aliphatic heterocycles. The summed E-state index contributed by atoms with van der Waals surface area (Å²) in [7, 11) is -2.47. The third-order valence-electron chi connectivity index (χ3n) is 3.89. The highest BCUT2D eigenvalue weighted by Crippen LogP contribution is 2.28. The third-order valence-corrected chi connectivity index (χ3v) is 5.54. The minimum atomic E-state index is -3.92. The number of benzene rings is 2. The molecule has 140 valence electrons. The van der Waals surface area contributed by atoms with E-state index in [-0.39, 0.29) is 21.5 Å². The van der Waals surface area contributed by atoms with Crippen LogP contribution >= 0.6 is 11.6 Å². The number of rotatable bonds is 7. The molecule has 0 spiro atoms. The molecular weight excluding hydrogens is 376 g/mol. The first kappa shape index (κ1) is 20.1. The highest BCUT2D eigenvalue weighted by molar-refractivity contribution is 7.92. The molecule has 0 saturated carbocycles. The van der Waals surface area contributed by atoms with Crippen molar-refractivity contribution in [3.63, 3.8) is 0 Å². The first-order valence-electron chi connectivity index (χ1n) is 8.08. The number of ether oxygens (including phenoxy) is 1. The van der Waals surface area contributed by atoms with Crippen LogP contribution in [0.25, 0.3) is 0 Å². The van der Waals surface area contributed by atoms with Crippen molar-refractivity contribution in [2.45, 2.75) is 18.7 Å². The first-order chi connectivity index (χ1) is 12.3. The lowest BCUT2D eigenvalue weighted by atomic mass is 10.1. The molecule has 2 aromatic carbocycles. The largest absolute Gasteiger partial charge is 0.495 e. The van der Waals surface area contributed by atoms with Crippen LogP contribution in [0.1, 0.15) is 24.2 Å². The molecule has 0 aliphatic rings. The Bertz CT molecular complexity index is 896. The molecule has 0 aliphatic carbocycles. The molecule has 0 heterocycles. The fourth-order valence-corrected chi connectivity index (χ4v) is 3.89. The number of carbonyl (C=O) groups is 1. The van der Waals surface area contributed by atoms with E-state index in [1.54, 1.807) is 29.2 Å². The highest BCUT2D eigenvalue weighted by atomic mass is 35.5. The maximum atomic E-state index is 12.7. The SMILES string of the molecule is CCN(CC)C(=O)c1ccccc1NS(=O)(=O)c1ccc(OC)c(Cl)c1. The predicted octanol–water partition coefficient (Wildman–Crippen LogP) is 3.63. The van der Waals surface area contributed by atoms with Gasteiger partial charge in [0.15, 0.2) is 0 Å². The van der Waals surface area contributed by atoms with Gasteiger partial charge in [-0.25, -0.2) is 8.42 Å². The summed E-state index contributed by atoms with van der Waals surface area (Å²) in [6, 6.07) is 10.7. The normalized spacial score (nSPS) is 11.1. The Morgan fingerprint density at radius 2 is 1.81 bits per heavy atom. The van der Waals surface area contributed by atoms with Crippen molar-refractivity contribution in [2.24, 2.45) is 0 Å². The zero-order chi connectivity index (χ0) is 19.3. The summed E-state index contributed by atoms with van der Waals surface area (Å²) < 4.78 is 32.9. The zero-order valence-electron chi connectivity index (χ0n) is 14.8. The number of nitrogens with one attached hydrogen (secondary N) is 1. The summed E-state index contributed by atoms with van der Waals surface area (Å²) in [4.78, 5) is 14.2. The summed E-state index contributed by atoms with van der Waals surface area (Å²) in [6.07, 6.45) is 0. The van der Waals surface area contributed by atoms with Crippen molar-refractivity contribution in [1.29, 1.82) is 0 Å². The Morgan fingerprint density at radius 3 is 2.38 bits per heavy atom. The molecular formula is C18H21ClN2O4S. The van der Waals surface area contributed by atoms with Gasteiger partial charge in [0.25, 0.3) is 15.9 Å². The molecule has 8 heteroatoms. The lowest BCUT2D eigenvalue weighted by molar-refractivity contribution is 0.0774. The first-order valence-corrected chi connectivity index (χ1v) is 9.94. The molecule has 0 fully saturated rings. The van der Waals surface area contributed by atoms with E-state index in [0.29, 0.717) is 24.4 Å². The van der Waals surface area contributed by atoms with Gasteiger partial charge in [0.05, 0.1) is 28.3 Å². The zero-order valence-corrected chi connectivity index (χ0v) is 16.4. The molecule has 0 aromatic heterocycles. The van der Waals surface area contributed by atoms with Crippen LogP contribution in [0.5, 0.6) is 5.75 Å². The predicted molar refractivity (Wildman–Crippen MR) is 103 cm³/mol. The second-order valence-electron chi connectivity index (χ2n) is 5.42. The maximum Gasteiger partial charge on any atom is 0.261 e. The van der Waals surface area contributed by atoms with Crippen LogP contribution in [0.3, 0.4) is 0 Å². The molecule has 6 nitrogen and oxygen atoms in total. The Hall–Kier alpha value is -2.25. The second-order valence-corrected chi connectivity index (χ2v) is 7.51. The van der Waals surface area contributed by atoms with E-state index >= 15 is 0 Å². The average Bonchev–Trinajstić information content (AvgIpc) is 2.62. The molecule has 0 bridgehead atoms. The highest BCUT2D eigenvalue weighted by Gasteiger charge is 2.21. The minimum absolute atomic E-state index is 0.0200. The van der Waals surface area contributed by atoms with Crippen LogP contribution in [0, 0.1) is 0 Å². The molecule has 0 atom stereocenters. The Labute approximate surface area is 158 Å². The Balaban J connectivity index is 2.39. The summed E-state index contributed by atoms with van der Waals surface area (Å²) in [6.45, 7) is 4.80. The number of nitrogens with zero attached hydrogens (tertiary/aromatic N) is 1. The average molecular weight is 397 g/mol. The molecule has 1 N–H and O–H groups in total. The number of amides is 1. The van der Waals surface area contributed by atoms with Crippen molar-refractivity contribution >= 4 is 33.2 Å². The fourth-order valence-electron chi connectivity index (χ4n) is 2.46. The van der Waals surface area contributed by atoms with Gasteiger partial charge in [-0.15, -0.1) is 0 Å². The molecule has 1 amide bonds. The molecule has 0 unspecified atom stereocenters. The quantitative estimate of drug-likeness (QED) is 0.775. The number of methoxy groups -OCH3 is 1. The number of halogens is 1. The van der Waals surface area contributed by atoms with Crippen LogP contribution in [0.4, 0.5) is 5.69 Å². The lowest BCUT2D eigenvalue weighted by Crippen LogP contribution is -2.31. The lowest BCUT2D eigenvalue weighted by Gasteiger charge is -2.20. The molecule has 0 saturated heterocycles. The van der Waals surface area contributed by atoms with Gasteiger partial charge in [-0.1, -0.05) is 23.7 Å². The number of hydrogen-bond donors (Lipinski definition) is 1. The van der Waals surface area contributed by atoms with Crippen LogP contribution in [-0.2, 0) is 10.0 Å². The van der Waals surface area contributed by atoms with Crippen LogP contribution in [-0.4, -0.2) is 39.4 Å². The molecule has 2 aromatic rings. The van der Waals surface area contributed by atoms with E-state index in [9.17, 15) is 13.2 Å². The Morgan fingerprint density at radius 1 is 1.15 bits per heavy atom. The van der Waals surface area contributed by atoms with E-state index in [0.717, 1.165) is 0 Å². The number of anilines is 1. The standard InChI is InChI=1S/C18H21ClN2O4S/c1-4-21(5-2)18(22)14-8-6-7-9-16(14)20-26(23,24)13-10-11-17(25-3)15(19)12-13/h6-12,20H,4-5H2,1-3H3. The van der Waals surface area contributed by atoms with Crippen molar-refractivity contribution in [3.05, 3.63) is 53.1 Å². The van der Waals surface area contributed by atoms with Gasteiger partial charge >= 0.3 is 0 Å². The summed E-state index contributed by atoms with van der Waals surface area (Å²) >= 11 is 6.02. The van der Waals surface area contributed by atoms with Gasteiger partial charge in [0.2, 0.25) is 0 Å². The van der Waals surface area contributed by atoms with Crippen LogP contribution in [0.2, 0.25) is 5.02 Å². The van der Waals surface area contributed by atoms with Gasteiger partial charge in [-0.05, 0) is 44.2 Å². The van der Waals surface area contributed by atoms with Gasteiger partial charge < -0.3 is 9.64 Å². The van der Waals surface area contributed by atoms with Crippen molar-refractivity contribution in [2.75, 3.05) is 24.9 Å². The van der Waals surface area contributed by atoms with Gasteiger partial charge in [-0.3, -0.25) is 9.52 Å². The van der Waals surface area contributed by atoms with E-state index in [2.05, 4.69) is 4.72 Å². The van der Waals surface area contributed by atoms with Crippen molar-refractivity contribution in [1.82, 2.24) is 4.90 Å². The third kappa shape index (κ3) is 4.28. The molecule has 0 radical (unpaired) electrons. The van der Waals surface area contributed by atoms with Crippen molar-refractivity contribution in [3.8, 4) is 5.75 Å². The smallest absolute Gasteiger partial charge is 0.261 e. The number of carbonyl (C=O) groups excluding carboxylic acids is 1. The number of para-hydroxylation sites is 1. The van der Waals surface area contributed by atoms with Crippen LogP contribution < -0.4 is 9.46 Å². The van der Waals surface area contributed by atoms with Crippen LogP contribution in [0.15, 0.2) is 47.4 Å². The second kappa shape index (κ2) is 8.42. The number of hydrogen-bond acceptors (Lipinski definition) is 4. The fraction of sp³-hybridized carbons (Fsp3) is 0.278. The summed E-state index contributed by atoms with van der Waals surface area (Å²) in [5.74, 6) is 0.142. The monoisotopic (exact) mass is 396 g/mol. The van der Waals surface area contributed by atoms with Gasteiger partial charge in [-0.2, -0.15) is 0 Å². The summed E-state index contributed by atoms with van der Waals surface area (Å²) in [5, 5.41) is 0.183. The molecule has 2 rings (SSSR count). The maximum absolute atomic E-state index is 12.7. The van der Waals surface area contributed by atoms with Gasteiger partial charge in [0, 0.05) is 13.1 Å². The van der Waals surface area contributed by atoms with Gasteiger partial charge in [0.1, 0.15) is 5.75 Å². The van der Waals surface area contributed by atoms with E-state index in [4.69, 9.17) is 16.3 Å². The number of sulfonamides is 1. The molecule has 26 heavy (non-hydrogen) atoms. The summed E-state index contributed by atoms with van der Waals surface area (Å²) in [5.41, 5.74) is 0.510. The topological polar surface area (TPSA) is 75.7 Å². The van der Waals surface area contributed by atoms with Crippen molar-refractivity contribution < 1.29 is 17.9 Å². The Kier molecular flexibility index (Phi) is 6.50. The van der Waals surface area contributed by atoms with E-state index in [1.807, 2.05) is 13.8 Å². The van der Waals surface area contributed by atoms with E-state index in [1.165, 1.54) is 25.3 Å².